The van der Waals surface area contributed by atoms with Crippen molar-refractivity contribution in [1.82, 2.24) is 9.13 Å². The maximum Gasteiger partial charge on any atom is 0.258 e. The number of aromatic nitrogens is 2. The summed E-state index contributed by atoms with van der Waals surface area (Å²) in [4.78, 5) is 11.9. The molecule has 9 rings (SSSR count). The van der Waals surface area contributed by atoms with Crippen LogP contribution in [0.1, 0.15) is 5.56 Å². The molecule has 18 heteroatoms. The van der Waals surface area contributed by atoms with Gasteiger partial charge in [-0.15, -0.1) is 0 Å². The summed E-state index contributed by atoms with van der Waals surface area (Å²) in [5.74, 6) is -1.77. The van der Waals surface area contributed by atoms with Crippen LogP contribution < -0.4 is 10.5 Å². The summed E-state index contributed by atoms with van der Waals surface area (Å²) < 4.78 is 80.0. The number of aliphatic hydroxyl groups is 1. The van der Waals surface area contributed by atoms with Gasteiger partial charge in [-0.3, -0.25) is 4.79 Å². The van der Waals surface area contributed by atoms with Crippen LogP contribution in [-0.2, 0) is 44.0 Å². The first kappa shape index (κ1) is 50.3. The Morgan fingerprint density at radius 1 is 0.580 bits per heavy atom. The number of hydrogen-bond donors (Lipinski definition) is 3. The van der Waals surface area contributed by atoms with E-state index >= 15 is 0 Å². The first-order chi connectivity index (χ1) is 32.8. The molecule has 0 fully saturated rings. The standard InChI is InChI=1S/C30H26Br2N2O5S.C21H16Br2FNO3S/c31-20-9-11-27-25(14-20)26-15-21(32)10-12-28(26)34(27)17-22(35)18-40(37,38)24-8-4-7-23(16-24)39-29(30(33)36)13-19-5-2-1-3-6-19;22-13-4-6-20-18(8-13)19-9-14(23)5-7-21(19)25(20)11-15(24)12-29(27,28)17-3-1-2-16(26)10-17/h1-12,14-16,22,29,35H,13,17-18H2,(H2,33,36);1-10,15,26H,11-12H2. The Balaban J connectivity index is 0.000000196. The number of amides is 1. The number of sulfone groups is 2. The van der Waals surface area contributed by atoms with Crippen LogP contribution in [0.15, 0.2) is 179 Å². The lowest BCUT2D eigenvalue weighted by molar-refractivity contribution is -0.124. The zero-order valence-corrected chi connectivity index (χ0v) is 44.2. The lowest BCUT2D eigenvalue weighted by atomic mass is 10.1. The molecule has 2 heterocycles. The van der Waals surface area contributed by atoms with Gasteiger partial charge < -0.3 is 29.8 Å². The molecule has 0 saturated heterocycles. The summed E-state index contributed by atoms with van der Waals surface area (Å²) in [6.07, 6.45) is -3.52. The lowest BCUT2D eigenvalue weighted by Gasteiger charge is -2.18. The van der Waals surface area contributed by atoms with Crippen molar-refractivity contribution in [3.05, 3.63) is 175 Å². The number of hydrogen-bond acceptors (Lipinski definition) is 8. The highest BCUT2D eigenvalue weighted by Gasteiger charge is 2.26. The summed E-state index contributed by atoms with van der Waals surface area (Å²) in [6, 6.07) is 43.7. The van der Waals surface area contributed by atoms with E-state index in [2.05, 4.69) is 63.7 Å². The number of ether oxygens (including phenoxy) is 1. The van der Waals surface area contributed by atoms with Crippen LogP contribution in [0.2, 0.25) is 0 Å². The molecular weight excluding hydrogens is 1190 g/mol. The number of aliphatic hydroxyl groups excluding tert-OH is 1. The molecule has 0 spiro atoms. The van der Waals surface area contributed by atoms with E-state index in [1.807, 2.05) is 112 Å². The zero-order chi connectivity index (χ0) is 49.2. The number of rotatable bonds is 15. The Morgan fingerprint density at radius 3 is 1.51 bits per heavy atom. The third kappa shape index (κ3) is 11.8. The quantitative estimate of drug-likeness (QED) is 0.0910. The molecule has 0 bridgehead atoms. The van der Waals surface area contributed by atoms with Crippen molar-refractivity contribution in [3.63, 3.8) is 0 Å². The molecule has 0 aliphatic heterocycles. The number of carbonyl (C=O) groups is 1. The van der Waals surface area contributed by atoms with Crippen LogP contribution in [0.4, 0.5) is 4.39 Å². The molecule has 4 N–H and O–H groups in total. The lowest BCUT2D eigenvalue weighted by Crippen LogP contribution is -2.35. The van der Waals surface area contributed by atoms with Crippen LogP contribution in [0, 0.1) is 0 Å². The minimum absolute atomic E-state index is 0.0120. The first-order valence-corrected chi connectivity index (χ1v) is 27.7. The number of benzene rings is 7. The highest BCUT2D eigenvalue weighted by molar-refractivity contribution is 9.11. The molecule has 0 aliphatic carbocycles. The molecule has 1 amide bonds. The van der Waals surface area contributed by atoms with E-state index in [4.69, 9.17) is 10.5 Å². The number of nitrogens with two attached hydrogens (primary N) is 1. The molecule has 3 atom stereocenters. The summed E-state index contributed by atoms with van der Waals surface area (Å²) in [5, 5.41) is 24.4. The fraction of sp³-hybridized carbons (Fsp3) is 0.157. The SMILES string of the molecule is NC(=O)C(Cc1ccccc1)Oc1cccc(S(=O)(=O)CC(O)Cn2c3ccc(Br)cc3c3cc(Br)ccc32)c1.O=S(=O)(CC(F)Cn1c2ccc(Br)cc2c2cc(Br)ccc21)c1cccc(O)c1. The second-order valence-corrected chi connectivity index (χ2v) is 24.1. The molecule has 3 unspecified atom stereocenters. The maximum atomic E-state index is 15.0. The minimum Gasteiger partial charge on any atom is -0.508 e. The number of phenols is 1. The third-order valence-corrected chi connectivity index (χ3v) is 16.9. The van der Waals surface area contributed by atoms with Gasteiger partial charge in [-0.1, -0.05) is 106 Å². The number of primary amides is 1. The summed E-state index contributed by atoms with van der Waals surface area (Å²) in [6.45, 7) is -0.0131. The average molecular weight is 1230 g/mol. The van der Waals surface area contributed by atoms with E-state index in [-0.39, 0.29) is 40.8 Å². The number of alkyl halides is 1. The number of fused-ring (bicyclic) bond motifs is 6. The highest BCUT2D eigenvalue weighted by Crippen LogP contribution is 2.35. The Hall–Kier alpha value is -5.08. The van der Waals surface area contributed by atoms with Crippen molar-refractivity contribution in [3.8, 4) is 11.5 Å². The monoisotopic (exact) mass is 1220 g/mol. The molecular formula is C51H42Br4FN3O8S2. The molecule has 356 valence electrons. The van der Waals surface area contributed by atoms with Crippen molar-refractivity contribution in [2.45, 2.75) is 47.7 Å². The van der Waals surface area contributed by atoms with Gasteiger partial charge in [-0.2, -0.15) is 0 Å². The highest BCUT2D eigenvalue weighted by atomic mass is 79.9. The van der Waals surface area contributed by atoms with Gasteiger partial charge in [0.25, 0.3) is 5.91 Å². The zero-order valence-electron chi connectivity index (χ0n) is 36.2. The number of nitrogens with zero attached hydrogens (tertiary/aromatic N) is 2. The van der Waals surface area contributed by atoms with Gasteiger partial charge >= 0.3 is 0 Å². The van der Waals surface area contributed by atoms with Crippen LogP contribution in [0.3, 0.4) is 0 Å². The van der Waals surface area contributed by atoms with Crippen molar-refractivity contribution >= 4 is 133 Å². The van der Waals surface area contributed by atoms with Crippen LogP contribution in [-0.4, -0.2) is 72.0 Å². The molecule has 0 saturated carbocycles. The van der Waals surface area contributed by atoms with E-state index in [9.17, 15) is 36.2 Å². The summed E-state index contributed by atoms with van der Waals surface area (Å²) in [5.41, 5.74) is 9.86. The second-order valence-electron chi connectivity index (χ2n) is 16.4. The predicted octanol–water partition coefficient (Wildman–Crippen LogP) is 11.5. The van der Waals surface area contributed by atoms with Gasteiger partial charge in [-0.05, 0) is 115 Å². The van der Waals surface area contributed by atoms with E-state index in [0.29, 0.717) is 0 Å². The van der Waals surface area contributed by atoms with Gasteiger partial charge in [0.05, 0.1) is 40.5 Å². The van der Waals surface area contributed by atoms with Gasteiger partial charge in [0.1, 0.15) is 17.7 Å². The number of phenolic OH excluding ortho intramolecular Hbond substituents is 1. The summed E-state index contributed by atoms with van der Waals surface area (Å²) in [7, 11) is -7.76. The third-order valence-electron chi connectivity index (χ3n) is 11.4. The number of aromatic hydroxyl groups is 1. The molecule has 69 heavy (non-hydrogen) atoms. The number of carbonyl (C=O) groups excluding carboxylic acids is 1. The Kier molecular flexibility index (Phi) is 15.4. The molecule has 9 aromatic rings. The van der Waals surface area contributed by atoms with Gasteiger partial charge in [0.15, 0.2) is 25.8 Å². The molecule has 7 aromatic carbocycles. The maximum absolute atomic E-state index is 15.0. The second kappa shape index (κ2) is 21.1. The van der Waals surface area contributed by atoms with Crippen molar-refractivity contribution in [2.75, 3.05) is 11.5 Å². The van der Waals surface area contributed by atoms with Crippen molar-refractivity contribution in [1.29, 1.82) is 0 Å². The van der Waals surface area contributed by atoms with Gasteiger partial charge in [0.2, 0.25) is 0 Å². The van der Waals surface area contributed by atoms with Crippen LogP contribution in [0.25, 0.3) is 43.6 Å². The minimum atomic E-state index is -3.89. The topological polar surface area (TPSA) is 171 Å². The molecule has 2 aromatic heterocycles. The van der Waals surface area contributed by atoms with Crippen LogP contribution in [0.5, 0.6) is 11.5 Å². The van der Waals surface area contributed by atoms with E-state index in [1.165, 1.54) is 36.4 Å². The first-order valence-electron chi connectivity index (χ1n) is 21.3. The average Bonchev–Trinajstić information content (AvgIpc) is 3.75. The Labute approximate surface area is 431 Å². The Bertz CT molecular complexity index is 3490. The number of halogens is 5. The predicted molar refractivity (Wildman–Crippen MR) is 283 cm³/mol. The van der Waals surface area contributed by atoms with E-state index in [1.54, 1.807) is 6.07 Å². The Morgan fingerprint density at radius 2 is 1.03 bits per heavy atom. The van der Waals surface area contributed by atoms with Gasteiger partial charge in [0, 0.05) is 67.9 Å². The van der Waals surface area contributed by atoms with E-state index in [0.717, 1.165) is 73.1 Å². The van der Waals surface area contributed by atoms with Crippen molar-refractivity contribution < 1.29 is 41.0 Å². The molecule has 11 nitrogen and oxygen atoms in total. The van der Waals surface area contributed by atoms with Crippen LogP contribution >= 0.6 is 63.7 Å². The van der Waals surface area contributed by atoms with E-state index < -0.39 is 55.5 Å². The largest absolute Gasteiger partial charge is 0.508 e. The molecule has 0 aliphatic rings. The van der Waals surface area contributed by atoms with Crippen molar-refractivity contribution in [2.24, 2.45) is 5.73 Å². The normalized spacial score (nSPS) is 13.3. The fourth-order valence-corrected chi connectivity index (χ4v) is 12.5. The van der Waals surface area contributed by atoms with Gasteiger partial charge in [-0.25, -0.2) is 21.2 Å². The smallest absolute Gasteiger partial charge is 0.258 e. The summed E-state index contributed by atoms with van der Waals surface area (Å²) >= 11 is 14.0. The molecule has 0 radical (unpaired) electrons. The fourth-order valence-electron chi connectivity index (χ4n) is 8.30.